The number of Topliss-reactive ketones (excluding diaryl/α,β-unsaturated/α-hetero) is 1. The van der Waals surface area contributed by atoms with Crippen LogP contribution in [0, 0.1) is 11.3 Å². The Hall–Kier alpha value is -2.34. The molecule has 1 aliphatic heterocycles. The number of nitrogens with one attached hydrogen (secondary N) is 2. The number of carbonyl (C=O) groups excluding carboxylic acids is 1. The molecular weight excluding hydrogens is 358 g/mol. The number of hydrogen-bond donors (Lipinski definition) is 2. The van der Waals surface area contributed by atoms with Gasteiger partial charge in [-0.2, -0.15) is 0 Å². The second-order valence-electron chi connectivity index (χ2n) is 7.79. The maximum atomic E-state index is 13.1. The van der Waals surface area contributed by atoms with Crippen LogP contribution in [0.25, 0.3) is 0 Å². The van der Waals surface area contributed by atoms with Crippen molar-refractivity contribution in [1.82, 2.24) is 9.97 Å². The molecule has 0 unspecified atom stereocenters. The van der Waals surface area contributed by atoms with E-state index in [1.807, 2.05) is 37.3 Å². The first-order valence-corrected chi connectivity index (χ1v) is 10.2. The van der Waals surface area contributed by atoms with Crippen molar-refractivity contribution in [3.8, 4) is 0 Å². The van der Waals surface area contributed by atoms with Crippen molar-refractivity contribution >= 4 is 23.4 Å². The van der Waals surface area contributed by atoms with Gasteiger partial charge in [0.15, 0.2) is 5.16 Å². The fourth-order valence-corrected chi connectivity index (χ4v) is 4.74. The molecule has 0 bridgehead atoms. The molecule has 0 spiro atoms. The van der Waals surface area contributed by atoms with E-state index in [1.165, 1.54) is 11.8 Å². The number of ketones is 1. The Balaban J connectivity index is 1.96. The van der Waals surface area contributed by atoms with Gasteiger partial charge in [-0.05, 0) is 16.7 Å². The summed E-state index contributed by atoms with van der Waals surface area (Å²) >= 11 is 1.50. The van der Waals surface area contributed by atoms with Crippen molar-refractivity contribution < 1.29 is 4.79 Å². The molecule has 0 saturated carbocycles. The molecule has 4 rings (SSSR count). The summed E-state index contributed by atoms with van der Waals surface area (Å²) in [5.74, 6) is 0.850. The molecular formula is C21H23N3O2S. The number of hydrogen-bond acceptors (Lipinski definition) is 5. The van der Waals surface area contributed by atoms with E-state index < -0.39 is 0 Å². The number of rotatable bonds is 3. The molecule has 1 aliphatic carbocycles. The van der Waals surface area contributed by atoms with E-state index in [1.54, 1.807) is 0 Å². The van der Waals surface area contributed by atoms with E-state index in [9.17, 15) is 9.59 Å². The van der Waals surface area contributed by atoms with E-state index in [-0.39, 0.29) is 28.6 Å². The quantitative estimate of drug-likeness (QED) is 0.622. The predicted octanol–water partition coefficient (Wildman–Crippen LogP) is 3.94. The molecule has 6 heteroatoms. The van der Waals surface area contributed by atoms with Gasteiger partial charge >= 0.3 is 0 Å². The normalized spacial score (nSPS) is 23.1. The lowest BCUT2D eigenvalue weighted by atomic mass is 9.67. The highest BCUT2D eigenvalue weighted by atomic mass is 32.2. The zero-order chi connectivity index (χ0) is 19.2. The standard InChI is InChI=1S/C21H23N3O2S/c1-4-27-20-23-18-17(19(26)24-20)15(12-8-6-5-7-9-12)16-13(22-18)10-21(2,3)11-14(16)25/h5-10,15-16H,4,11H2,1-3H3,(H2,22,23,24,26)/t15-,16-/m0/s1. The van der Waals surface area contributed by atoms with Crippen molar-refractivity contribution in [3.05, 3.63) is 63.6 Å². The third-order valence-electron chi connectivity index (χ3n) is 5.14. The summed E-state index contributed by atoms with van der Waals surface area (Å²) < 4.78 is 0. The van der Waals surface area contributed by atoms with Gasteiger partial charge in [0.1, 0.15) is 11.6 Å². The number of allylic oxidation sites excluding steroid dienone is 2. The lowest BCUT2D eigenvalue weighted by molar-refractivity contribution is -0.124. The molecule has 0 radical (unpaired) electrons. The number of benzene rings is 1. The van der Waals surface area contributed by atoms with Gasteiger partial charge in [0.05, 0.1) is 11.5 Å². The minimum atomic E-state index is -0.375. The number of aromatic nitrogens is 2. The van der Waals surface area contributed by atoms with Gasteiger partial charge in [-0.3, -0.25) is 9.59 Å². The molecule has 2 N–H and O–H groups in total. The van der Waals surface area contributed by atoms with Crippen LogP contribution in [-0.4, -0.2) is 21.5 Å². The van der Waals surface area contributed by atoms with Crippen LogP contribution in [0.4, 0.5) is 5.82 Å². The maximum absolute atomic E-state index is 13.1. The summed E-state index contributed by atoms with van der Waals surface area (Å²) in [5.41, 5.74) is 2.00. The first kappa shape index (κ1) is 18.0. The average Bonchev–Trinajstić information content (AvgIpc) is 2.60. The molecule has 2 aromatic rings. The highest BCUT2D eigenvalue weighted by Crippen LogP contribution is 2.47. The molecule has 2 heterocycles. The lowest BCUT2D eigenvalue weighted by Gasteiger charge is -2.40. The molecule has 1 aromatic carbocycles. The largest absolute Gasteiger partial charge is 0.343 e. The smallest absolute Gasteiger partial charge is 0.257 e. The monoisotopic (exact) mass is 381 g/mol. The highest BCUT2D eigenvalue weighted by molar-refractivity contribution is 7.99. The fraction of sp³-hybridized carbons (Fsp3) is 0.381. The van der Waals surface area contributed by atoms with Crippen molar-refractivity contribution in [2.45, 2.75) is 38.3 Å². The summed E-state index contributed by atoms with van der Waals surface area (Å²) in [5, 5.41) is 3.92. The Morgan fingerprint density at radius 2 is 1.93 bits per heavy atom. The predicted molar refractivity (Wildman–Crippen MR) is 108 cm³/mol. The van der Waals surface area contributed by atoms with Crippen LogP contribution in [0.3, 0.4) is 0 Å². The third kappa shape index (κ3) is 3.23. The fourth-order valence-electron chi connectivity index (χ4n) is 4.15. The molecule has 5 nitrogen and oxygen atoms in total. The number of carbonyl (C=O) groups is 1. The van der Waals surface area contributed by atoms with E-state index in [4.69, 9.17) is 0 Å². The summed E-state index contributed by atoms with van der Waals surface area (Å²) in [7, 11) is 0. The average molecular weight is 382 g/mol. The summed E-state index contributed by atoms with van der Waals surface area (Å²) in [6.07, 6.45) is 2.60. The number of thioether (sulfide) groups is 1. The van der Waals surface area contributed by atoms with Crippen molar-refractivity contribution in [2.75, 3.05) is 11.1 Å². The van der Waals surface area contributed by atoms with Gasteiger partial charge in [0, 0.05) is 18.0 Å². The zero-order valence-corrected chi connectivity index (χ0v) is 16.5. The molecule has 0 amide bonds. The van der Waals surface area contributed by atoms with Crippen molar-refractivity contribution in [3.63, 3.8) is 0 Å². The minimum Gasteiger partial charge on any atom is -0.343 e. The molecule has 140 valence electrons. The topological polar surface area (TPSA) is 74.8 Å². The lowest BCUT2D eigenvalue weighted by Crippen LogP contribution is -2.41. The third-order valence-corrected chi connectivity index (χ3v) is 5.89. The molecule has 0 fully saturated rings. The van der Waals surface area contributed by atoms with Crippen molar-refractivity contribution in [1.29, 1.82) is 0 Å². The minimum absolute atomic E-state index is 0.163. The molecule has 2 aliphatic rings. The van der Waals surface area contributed by atoms with Crippen LogP contribution in [0.2, 0.25) is 0 Å². The van der Waals surface area contributed by atoms with E-state index in [0.717, 1.165) is 17.0 Å². The van der Waals surface area contributed by atoms with E-state index >= 15 is 0 Å². The number of aromatic amines is 1. The van der Waals surface area contributed by atoms with Crippen LogP contribution in [0.5, 0.6) is 0 Å². The van der Waals surface area contributed by atoms with Gasteiger partial charge in [-0.1, -0.05) is 68.9 Å². The van der Waals surface area contributed by atoms with Crippen molar-refractivity contribution in [2.24, 2.45) is 11.3 Å². The van der Waals surface area contributed by atoms with Gasteiger partial charge in [0.25, 0.3) is 5.56 Å². The van der Waals surface area contributed by atoms with Gasteiger partial charge in [-0.15, -0.1) is 0 Å². The summed E-state index contributed by atoms with van der Waals surface area (Å²) in [4.78, 5) is 33.6. The Labute approximate surface area is 162 Å². The van der Waals surface area contributed by atoms with Crippen LogP contribution in [-0.2, 0) is 4.79 Å². The number of nitrogens with zero attached hydrogens (tertiary/aromatic N) is 1. The Kier molecular flexibility index (Phi) is 4.46. The Morgan fingerprint density at radius 1 is 1.19 bits per heavy atom. The Bertz CT molecular complexity index is 979. The maximum Gasteiger partial charge on any atom is 0.257 e. The molecule has 1 aromatic heterocycles. The second-order valence-corrected chi connectivity index (χ2v) is 9.04. The van der Waals surface area contributed by atoms with Gasteiger partial charge in [-0.25, -0.2) is 4.98 Å². The van der Waals surface area contributed by atoms with Crippen LogP contribution in [0.15, 0.2) is 52.1 Å². The van der Waals surface area contributed by atoms with E-state index in [2.05, 4.69) is 35.2 Å². The first-order chi connectivity index (χ1) is 12.9. The number of H-pyrrole nitrogens is 1. The number of anilines is 1. The van der Waals surface area contributed by atoms with E-state index in [0.29, 0.717) is 23.0 Å². The SMILES string of the molecule is CCSc1nc2c(c(=O)[nH]1)[C@@H](c1ccccc1)[C@@H]1C(=O)CC(C)(C)C=C1N2. The molecule has 0 saturated heterocycles. The van der Waals surface area contributed by atoms with Crippen LogP contribution >= 0.6 is 11.8 Å². The summed E-state index contributed by atoms with van der Waals surface area (Å²) in [6.45, 7) is 6.14. The highest BCUT2D eigenvalue weighted by Gasteiger charge is 2.45. The molecule has 2 atom stereocenters. The van der Waals surface area contributed by atoms with Gasteiger partial charge < -0.3 is 10.3 Å². The van der Waals surface area contributed by atoms with Gasteiger partial charge in [0.2, 0.25) is 0 Å². The molecule has 27 heavy (non-hydrogen) atoms. The number of fused-ring (bicyclic) bond motifs is 2. The summed E-state index contributed by atoms with van der Waals surface area (Å²) in [6, 6.07) is 9.80. The van der Waals surface area contributed by atoms with Crippen LogP contribution < -0.4 is 10.9 Å². The second kappa shape index (κ2) is 6.68. The zero-order valence-electron chi connectivity index (χ0n) is 15.7. The first-order valence-electron chi connectivity index (χ1n) is 9.24. The van der Waals surface area contributed by atoms with Crippen LogP contribution in [0.1, 0.15) is 44.2 Å². The Morgan fingerprint density at radius 3 is 2.63 bits per heavy atom.